The Morgan fingerprint density at radius 3 is 2.67 bits per heavy atom. The van der Waals surface area contributed by atoms with Crippen LogP contribution >= 0.6 is 0 Å². The third kappa shape index (κ3) is 3.17. The van der Waals surface area contributed by atoms with Crippen molar-refractivity contribution < 1.29 is 17.2 Å². The van der Waals surface area contributed by atoms with E-state index in [0.29, 0.717) is 13.0 Å². The van der Waals surface area contributed by atoms with Crippen LogP contribution in [0, 0.1) is 11.6 Å². The van der Waals surface area contributed by atoms with Gasteiger partial charge in [-0.25, -0.2) is 17.2 Å². The number of likely N-dealkylation sites (tertiary alicyclic amines) is 1. The average Bonchev–Trinajstić information content (AvgIpc) is 2.41. The maximum absolute atomic E-state index is 13.8. The number of nitrogens with two attached hydrogens (primary N) is 1. The summed E-state index contributed by atoms with van der Waals surface area (Å²) in [5.41, 5.74) is 5.30. The summed E-state index contributed by atoms with van der Waals surface area (Å²) in [7, 11) is -0.841. The number of halogens is 2. The van der Waals surface area contributed by atoms with Crippen molar-refractivity contribution in [1.82, 2.24) is 9.21 Å². The molecule has 5 nitrogen and oxygen atoms in total. The van der Waals surface area contributed by atoms with Crippen LogP contribution in [0.4, 0.5) is 14.5 Å². The maximum atomic E-state index is 13.8. The third-order valence-corrected chi connectivity index (χ3v) is 5.70. The predicted octanol–water partition coefficient (Wildman–Crippen LogP) is 1.26. The van der Waals surface area contributed by atoms with E-state index in [9.17, 15) is 17.2 Å². The second-order valence-corrected chi connectivity index (χ2v) is 7.36. The molecule has 1 aliphatic heterocycles. The monoisotopic (exact) mass is 319 g/mol. The molecular formula is C13H19F2N3O2S. The van der Waals surface area contributed by atoms with Crippen molar-refractivity contribution in [3.05, 3.63) is 23.8 Å². The van der Waals surface area contributed by atoms with Crippen LogP contribution in [-0.2, 0) is 10.0 Å². The Kier molecular flexibility index (Phi) is 4.50. The lowest BCUT2D eigenvalue weighted by atomic mass is 10.1. The molecule has 1 aromatic carbocycles. The second kappa shape index (κ2) is 5.86. The van der Waals surface area contributed by atoms with Crippen molar-refractivity contribution in [2.24, 2.45) is 0 Å². The van der Waals surface area contributed by atoms with Crippen molar-refractivity contribution in [1.29, 1.82) is 0 Å². The summed E-state index contributed by atoms with van der Waals surface area (Å²) in [6.07, 6.45) is 1.54. The SMILES string of the molecule is CN1CCCC(N(C)S(=O)(=O)c2cc(N)cc(F)c2F)C1. The highest BCUT2D eigenvalue weighted by Gasteiger charge is 2.33. The lowest BCUT2D eigenvalue weighted by Crippen LogP contribution is -2.47. The largest absolute Gasteiger partial charge is 0.399 e. The van der Waals surface area contributed by atoms with Gasteiger partial charge in [0.05, 0.1) is 0 Å². The minimum absolute atomic E-state index is 0.123. The zero-order valence-electron chi connectivity index (χ0n) is 12.0. The maximum Gasteiger partial charge on any atom is 0.246 e. The minimum atomic E-state index is -4.13. The summed E-state index contributed by atoms with van der Waals surface area (Å²) in [4.78, 5) is 1.30. The Hall–Kier alpha value is -1.25. The molecule has 0 aromatic heterocycles. The molecule has 118 valence electrons. The van der Waals surface area contributed by atoms with E-state index < -0.39 is 26.6 Å². The standard InChI is InChI=1S/C13H19F2N3O2S/c1-17-5-3-4-10(8-17)18(2)21(19,20)12-7-9(16)6-11(14)13(12)15/h6-7,10H,3-5,8,16H2,1-2H3. The number of rotatable bonds is 3. The molecule has 21 heavy (non-hydrogen) atoms. The lowest BCUT2D eigenvalue weighted by molar-refractivity contribution is 0.187. The van der Waals surface area contributed by atoms with Crippen LogP contribution in [0.15, 0.2) is 17.0 Å². The number of likely N-dealkylation sites (N-methyl/N-ethyl adjacent to an activating group) is 2. The first-order valence-electron chi connectivity index (χ1n) is 6.64. The summed E-state index contributed by atoms with van der Waals surface area (Å²) in [6.45, 7) is 1.45. The molecule has 0 saturated carbocycles. The lowest BCUT2D eigenvalue weighted by Gasteiger charge is -2.35. The van der Waals surface area contributed by atoms with Gasteiger partial charge in [-0.2, -0.15) is 4.31 Å². The van der Waals surface area contributed by atoms with Crippen LogP contribution < -0.4 is 5.73 Å². The average molecular weight is 319 g/mol. The van der Waals surface area contributed by atoms with E-state index in [2.05, 4.69) is 0 Å². The number of hydrogen-bond acceptors (Lipinski definition) is 4. The number of sulfonamides is 1. The van der Waals surface area contributed by atoms with E-state index in [1.807, 2.05) is 11.9 Å². The highest BCUT2D eigenvalue weighted by atomic mass is 32.2. The summed E-state index contributed by atoms with van der Waals surface area (Å²) >= 11 is 0. The van der Waals surface area contributed by atoms with Gasteiger partial charge in [-0.1, -0.05) is 0 Å². The van der Waals surface area contributed by atoms with Crippen molar-refractivity contribution >= 4 is 15.7 Å². The molecule has 0 spiro atoms. The topological polar surface area (TPSA) is 66.6 Å². The summed E-state index contributed by atoms with van der Waals surface area (Å²) in [5.74, 6) is -2.65. The first kappa shape index (κ1) is 16.1. The summed E-state index contributed by atoms with van der Waals surface area (Å²) < 4.78 is 53.4. The van der Waals surface area contributed by atoms with Gasteiger partial charge in [-0.3, -0.25) is 0 Å². The molecule has 2 rings (SSSR count). The van der Waals surface area contributed by atoms with Gasteiger partial charge in [0.1, 0.15) is 4.90 Å². The molecule has 1 atom stereocenters. The van der Waals surface area contributed by atoms with Crippen LogP contribution in [-0.4, -0.2) is 50.8 Å². The van der Waals surface area contributed by atoms with Crippen LogP contribution in [0.1, 0.15) is 12.8 Å². The Morgan fingerprint density at radius 1 is 1.38 bits per heavy atom. The van der Waals surface area contributed by atoms with Crippen LogP contribution in [0.5, 0.6) is 0 Å². The smallest absolute Gasteiger partial charge is 0.246 e. The van der Waals surface area contributed by atoms with Crippen LogP contribution in [0.3, 0.4) is 0 Å². The number of nitrogen functional groups attached to an aromatic ring is 1. The fourth-order valence-corrected chi connectivity index (χ4v) is 4.04. The van der Waals surface area contributed by atoms with Gasteiger partial charge in [-0.05, 0) is 38.6 Å². The molecule has 0 bridgehead atoms. The fraction of sp³-hybridized carbons (Fsp3) is 0.538. The summed E-state index contributed by atoms with van der Waals surface area (Å²) in [5, 5.41) is 0. The molecule has 1 fully saturated rings. The molecule has 0 radical (unpaired) electrons. The van der Waals surface area contributed by atoms with Crippen LogP contribution in [0.25, 0.3) is 0 Å². The van der Waals surface area contributed by atoms with E-state index in [4.69, 9.17) is 5.73 Å². The number of nitrogens with zero attached hydrogens (tertiary/aromatic N) is 2. The summed E-state index contributed by atoms with van der Waals surface area (Å²) in [6, 6.07) is 1.46. The van der Waals surface area contributed by atoms with Crippen molar-refractivity contribution in [3.8, 4) is 0 Å². The van der Waals surface area contributed by atoms with Crippen LogP contribution in [0.2, 0.25) is 0 Å². The van der Waals surface area contributed by atoms with E-state index in [1.165, 1.54) is 7.05 Å². The number of piperidine rings is 1. The molecule has 1 aromatic rings. The Balaban J connectivity index is 2.37. The van der Waals surface area contributed by atoms with Gasteiger partial charge in [-0.15, -0.1) is 0 Å². The molecule has 1 unspecified atom stereocenters. The van der Waals surface area contributed by atoms with Gasteiger partial charge in [0.15, 0.2) is 11.6 Å². The van der Waals surface area contributed by atoms with Gasteiger partial charge < -0.3 is 10.6 Å². The quantitative estimate of drug-likeness (QED) is 0.852. The normalized spacial score (nSPS) is 20.9. The minimum Gasteiger partial charge on any atom is -0.399 e. The van der Waals surface area contributed by atoms with Gasteiger partial charge in [0.25, 0.3) is 0 Å². The zero-order chi connectivity index (χ0) is 15.8. The fourth-order valence-electron chi connectivity index (χ4n) is 2.56. The second-order valence-electron chi connectivity index (χ2n) is 5.39. The van der Waals surface area contributed by atoms with Gasteiger partial charge >= 0.3 is 0 Å². The molecule has 1 heterocycles. The van der Waals surface area contributed by atoms with E-state index >= 15 is 0 Å². The molecule has 0 aliphatic carbocycles. The van der Waals surface area contributed by atoms with E-state index in [-0.39, 0.29) is 11.7 Å². The highest BCUT2D eigenvalue weighted by Crippen LogP contribution is 2.26. The number of benzene rings is 1. The Bertz CT molecular complexity index is 637. The first-order chi connectivity index (χ1) is 9.73. The number of anilines is 1. The number of hydrogen-bond donors (Lipinski definition) is 1. The van der Waals surface area contributed by atoms with Gasteiger partial charge in [0, 0.05) is 25.3 Å². The molecular weight excluding hydrogens is 300 g/mol. The van der Waals surface area contributed by atoms with Crippen molar-refractivity contribution in [2.75, 3.05) is 32.9 Å². The molecule has 0 amide bonds. The predicted molar refractivity (Wildman–Crippen MR) is 76.2 cm³/mol. The van der Waals surface area contributed by atoms with Crippen molar-refractivity contribution in [2.45, 2.75) is 23.8 Å². The van der Waals surface area contributed by atoms with Crippen molar-refractivity contribution in [3.63, 3.8) is 0 Å². The van der Waals surface area contributed by atoms with E-state index in [0.717, 1.165) is 29.4 Å². The van der Waals surface area contributed by atoms with Gasteiger partial charge in [0.2, 0.25) is 10.0 Å². The third-order valence-electron chi connectivity index (χ3n) is 3.79. The Morgan fingerprint density at radius 2 is 2.05 bits per heavy atom. The first-order valence-corrected chi connectivity index (χ1v) is 8.08. The molecule has 8 heteroatoms. The molecule has 2 N–H and O–H groups in total. The molecule has 1 saturated heterocycles. The molecule has 1 aliphatic rings. The highest BCUT2D eigenvalue weighted by molar-refractivity contribution is 7.89. The van der Waals surface area contributed by atoms with E-state index in [1.54, 1.807) is 0 Å². The zero-order valence-corrected chi connectivity index (χ0v) is 12.8. The Labute approximate surface area is 123 Å².